The molecule has 2 bridgehead atoms. The molecule has 8 nitrogen and oxygen atoms in total. The summed E-state index contributed by atoms with van der Waals surface area (Å²) in [7, 11) is 0. The zero-order chi connectivity index (χ0) is 26.8. The zero-order valence-corrected chi connectivity index (χ0v) is 22.6. The Morgan fingerprint density at radius 2 is 2.00 bits per heavy atom. The average molecular weight is 515 g/mol. The van der Waals surface area contributed by atoms with Crippen molar-refractivity contribution in [2.45, 2.75) is 96.9 Å². The molecule has 4 rings (SSSR count). The van der Waals surface area contributed by atoms with Gasteiger partial charge in [0, 0.05) is 49.9 Å². The number of hydrogen-bond acceptors (Lipinski definition) is 9. The summed E-state index contributed by atoms with van der Waals surface area (Å²) >= 11 is 0.931. The Kier molecular flexibility index (Phi) is 6.46. The summed E-state index contributed by atoms with van der Waals surface area (Å²) in [5.41, 5.74) is -4.23. The Morgan fingerprint density at radius 1 is 1.31 bits per heavy atom. The van der Waals surface area contributed by atoms with Crippen molar-refractivity contribution in [3.8, 4) is 0 Å². The van der Waals surface area contributed by atoms with E-state index in [0.29, 0.717) is 17.6 Å². The van der Waals surface area contributed by atoms with Crippen LogP contribution in [0.15, 0.2) is 11.1 Å². The summed E-state index contributed by atoms with van der Waals surface area (Å²) in [5, 5.41) is 24.7. The van der Waals surface area contributed by atoms with Crippen LogP contribution in [-0.4, -0.2) is 77.0 Å². The number of hydrogen-bond donors (Lipinski definition) is 2. The zero-order valence-electron chi connectivity index (χ0n) is 22.8. The van der Waals surface area contributed by atoms with Crippen LogP contribution in [0, 0.1) is 22.7 Å². The monoisotopic (exact) mass is 514 g/mol. The highest BCUT2D eigenvalue weighted by Crippen LogP contribution is 2.65. The molecule has 4 aliphatic rings. The Balaban J connectivity index is 2.05. The number of fused-ring (bicyclic) bond motifs is 5. The Labute approximate surface area is 213 Å². The van der Waals surface area contributed by atoms with Crippen LogP contribution in [-0.2, 0) is 28.0 Å². The van der Waals surface area contributed by atoms with Crippen LogP contribution in [0.25, 0.3) is 0 Å². The summed E-state index contributed by atoms with van der Waals surface area (Å²) in [6.45, 7) is 12.7. The predicted octanol–water partition coefficient (Wildman–Crippen LogP) is 2.84. The molecular formula is C26H40O8S. The number of Topliss-reactive ketones (excluding diaryl/α,β-unsaturated/α-hetero) is 1. The Hall–Kier alpha value is -0.970. The van der Waals surface area contributed by atoms with Gasteiger partial charge in [0.2, 0.25) is 0 Å². The van der Waals surface area contributed by atoms with E-state index in [-0.39, 0.29) is 37.6 Å². The maximum Gasteiger partial charge on any atom is 0.303 e. The lowest BCUT2D eigenvalue weighted by molar-refractivity contribution is -0.352. The van der Waals surface area contributed by atoms with E-state index < -0.39 is 58.3 Å². The topological polar surface area (TPSA) is 112 Å². The maximum atomic E-state index is 14.5. The van der Waals surface area contributed by atoms with Gasteiger partial charge in [-0.1, -0.05) is 27.7 Å². The molecule has 1 saturated heterocycles. The molecule has 1 heterocycles. The van der Waals surface area contributed by atoms with E-state index >= 15 is 0 Å². The van der Waals surface area contributed by atoms with Gasteiger partial charge in [-0.25, -0.2) is 0 Å². The molecule has 0 spiro atoms. The van der Waals surface area contributed by atoms with E-state index in [4.69, 9.17) is 19.8 Å². The average Bonchev–Trinajstić information content (AvgIpc) is 2.79. The molecule has 0 aromatic rings. The molecule has 2 N–H and O–H groups in total. The van der Waals surface area contributed by atoms with Crippen molar-refractivity contribution in [3.63, 3.8) is 0 Å². The fraction of sp³-hybridized carbons (Fsp3) is 0.846. The second-order valence-corrected chi connectivity index (χ2v) is 11.9. The molecule has 35 heavy (non-hydrogen) atoms. The molecule has 9 heteroatoms. The summed E-state index contributed by atoms with van der Waals surface area (Å²) < 4.78 is 31.4. The molecule has 0 radical (unpaired) electrons. The van der Waals surface area contributed by atoms with Crippen molar-refractivity contribution >= 4 is 23.8 Å². The number of rotatable bonds is 5. The molecule has 3 aliphatic carbocycles. The number of carbonyl (C=O) groups excluding carboxylic acids is 2. The van der Waals surface area contributed by atoms with Crippen LogP contribution in [0.5, 0.6) is 0 Å². The van der Waals surface area contributed by atoms with Crippen molar-refractivity contribution in [1.82, 2.24) is 0 Å². The lowest BCUT2D eigenvalue weighted by Crippen LogP contribution is -2.80. The van der Waals surface area contributed by atoms with E-state index in [0.717, 1.165) is 12.0 Å². The minimum absolute atomic E-state index is 0.0162. The van der Waals surface area contributed by atoms with E-state index in [9.17, 15) is 19.8 Å². The van der Waals surface area contributed by atoms with E-state index in [1.807, 2.05) is 27.7 Å². The first-order valence-electron chi connectivity index (χ1n) is 13.1. The maximum absolute atomic E-state index is 14.5. The van der Waals surface area contributed by atoms with Gasteiger partial charge in [-0.2, -0.15) is 0 Å². The standard InChI is InChI=1S/C26H40O8S/c1-9-31-21-19(28)18-14(3)16(34-35-8)11-26(30,23(18,5)6)22(33-15(4)27)20-24(21,7)13(2)10-17-25(20,29)12-32-17/h13,16-17,20-22,29-30H,9-12H2,1-8H3/t13-,16-,17+,20?,21+,22?,24+,25-,26+/m0/s1/i8T. The highest BCUT2D eigenvalue weighted by molar-refractivity contribution is 7.93. The van der Waals surface area contributed by atoms with Gasteiger partial charge in [0.15, 0.2) is 5.78 Å². The van der Waals surface area contributed by atoms with Crippen LogP contribution in [0.3, 0.4) is 0 Å². The van der Waals surface area contributed by atoms with Gasteiger partial charge in [0.25, 0.3) is 0 Å². The molecule has 0 aromatic carbocycles. The number of ketones is 1. The molecule has 3 fully saturated rings. The third kappa shape index (κ3) is 3.52. The number of carbonyl (C=O) groups is 2. The largest absolute Gasteiger partial charge is 0.459 e. The number of esters is 1. The normalized spacial score (nSPS) is 47.0. The number of ether oxygens (including phenoxy) is 3. The first kappa shape index (κ1) is 25.7. The van der Waals surface area contributed by atoms with Gasteiger partial charge in [-0.3, -0.25) is 9.59 Å². The van der Waals surface area contributed by atoms with Gasteiger partial charge < -0.3 is 28.6 Å². The fourth-order valence-corrected chi connectivity index (χ4v) is 7.92. The molecule has 0 amide bonds. The second kappa shape index (κ2) is 8.81. The fourth-order valence-electron chi connectivity index (χ4n) is 7.54. The molecule has 2 saturated carbocycles. The van der Waals surface area contributed by atoms with E-state index in [2.05, 4.69) is 0 Å². The molecule has 9 atom stereocenters. The van der Waals surface area contributed by atoms with Gasteiger partial charge in [0.05, 0.1) is 18.8 Å². The molecule has 198 valence electrons. The van der Waals surface area contributed by atoms with Crippen molar-refractivity contribution in [2.24, 2.45) is 22.7 Å². The summed E-state index contributed by atoms with van der Waals surface area (Å²) in [6.07, 6.45) is -2.80. The molecule has 2 unspecified atom stereocenters. The minimum Gasteiger partial charge on any atom is -0.459 e. The van der Waals surface area contributed by atoms with Crippen LogP contribution in [0.1, 0.15) is 62.7 Å². The molecule has 1 aliphatic heterocycles. The van der Waals surface area contributed by atoms with Crippen molar-refractivity contribution in [1.29, 1.82) is 0 Å². The van der Waals surface area contributed by atoms with Crippen LogP contribution in [0.4, 0.5) is 0 Å². The van der Waals surface area contributed by atoms with Gasteiger partial charge in [-0.15, -0.1) is 0 Å². The van der Waals surface area contributed by atoms with E-state index in [1.165, 1.54) is 6.92 Å². The summed E-state index contributed by atoms with van der Waals surface area (Å²) in [4.78, 5) is 27.1. The van der Waals surface area contributed by atoms with Crippen molar-refractivity contribution < 1.29 is 39.6 Å². The first-order chi connectivity index (χ1) is 16.7. The van der Waals surface area contributed by atoms with Crippen molar-refractivity contribution in [3.05, 3.63) is 11.1 Å². The smallest absolute Gasteiger partial charge is 0.303 e. The van der Waals surface area contributed by atoms with Gasteiger partial charge in [-0.05, 0) is 43.8 Å². The summed E-state index contributed by atoms with van der Waals surface area (Å²) in [6, 6.07) is 0. The first-order valence-corrected chi connectivity index (χ1v) is 13.3. The summed E-state index contributed by atoms with van der Waals surface area (Å²) in [5.74, 6) is -1.82. The third-order valence-electron chi connectivity index (χ3n) is 9.63. The second-order valence-electron chi connectivity index (χ2n) is 11.5. The quantitative estimate of drug-likeness (QED) is 0.422. The van der Waals surface area contributed by atoms with E-state index in [1.54, 1.807) is 13.8 Å². The molecular weight excluding hydrogens is 472 g/mol. The van der Waals surface area contributed by atoms with Gasteiger partial charge in [0.1, 0.15) is 23.4 Å². The lowest BCUT2D eigenvalue weighted by atomic mass is 9.43. The SMILES string of the molecule is [3H]CSO[C@H]1C[C@@]2(O)C(OC(C)=O)C3[C@](C)([C@H](OCC)C(=O)C(=C1C)C2(C)C)[C@@H](C)C[C@H]1OC[C@@]31O. The predicted molar refractivity (Wildman–Crippen MR) is 130 cm³/mol. The third-order valence-corrected chi connectivity index (χ3v) is 9.99. The lowest BCUT2D eigenvalue weighted by Gasteiger charge is -2.68. The Bertz CT molecular complexity index is 954. The highest BCUT2D eigenvalue weighted by Gasteiger charge is 2.75. The van der Waals surface area contributed by atoms with Gasteiger partial charge >= 0.3 is 5.97 Å². The van der Waals surface area contributed by atoms with Crippen LogP contribution >= 0.6 is 12.0 Å². The number of aliphatic hydroxyl groups is 2. The van der Waals surface area contributed by atoms with Crippen LogP contribution < -0.4 is 0 Å². The van der Waals surface area contributed by atoms with Crippen molar-refractivity contribution in [2.75, 3.05) is 19.4 Å². The Morgan fingerprint density at radius 3 is 2.54 bits per heavy atom. The highest BCUT2D eigenvalue weighted by atomic mass is 32.2. The molecule has 0 aromatic heterocycles. The minimum atomic E-state index is -1.76. The van der Waals surface area contributed by atoms with Crippen LogP contribution in [0.2, 0.25) is 0 Å².